The number of hydrogen-bond acceptors (Lipinski definition) is 4. The predicted molar refractivity (Wildman–Crippen MR) is 93.6 cm³/mol. The van der Waals surface area contributed by atoms with Gasteiger partial charge < -0.3 is 14.7 Å². The van der Waals surface area contributed by atoms with Crippen LogP contribution >= 0.6 is 0 Å². The number of nitrogens with zero attached hydrogens (tertiary/aromatic N) is 3. The summed E-state index contributed by atoms with van der Waals surface area (Å²) in [6.45, 7) is 3.29. The molecule has 3 rings (SSSR count). The van der Waals surface area contributed by atoms with Crippen molar-refractivity contribution in [2.45, 2.75) is 51.2 Å². The fraction of sp³-hybridized carbons (Fsp3) is 0.526. The zero-order valence-electron chi connectivity index (χ0n) is 14.9. The first-order valence-corrected chi connectivity index (χ1v) is 8.99. The van der Waals surface area contributed by atoms with Gasteiger partial charge in [-0.1, -0.05) is 13.0 Å². The van der Waals surface area contributed by atoms with E-state index in [0.29, 0.717) is 31.7 Å². The van der Waals surface area contributed by atoms with Crippen molar-refractivity contribution in [3.63, 3.8) is 0 Å². The van der Waals surface area contributed by atoms with Gasteiger partial charge in [0.05, 0.1) is 19.2 Å². The summed E-state index contributed by atoms with van der Waals surface area (Å²) in [6.07, 6.45) is 1.52. The van der Waals surface area contributed by atoms with Crippen molar-refractivity contribution >= 4 is 12.0 Å². The number of carbonyl (C=O) groups excluding carboxylic acids is 1. The number of hydrogen-bond donors (Lipinski definition) is 1. The highest BCUT2D eigenvalue weighted by Crippen LogP contribution is 2.29. The second kappa shape index (κ2) is 7.65. The smallest absolute Gasteiger partial charge is 0.408 e. The number of ether oxygens (including phenoxy) is 1. The average molecular weight is 357 g/mol. The Morgan fingerprint density at radius 3 is 2.85 bits per heavy atom. The summed E-state index contributed by atoms with van der Waals surface area (Å²) >= 11 is 0. The molecular weight excluding hydrogens is 334 g/mol. The molecule has 0 radical (unpaired) electrons. The maximum atomic E-state index is 12.9. The number of carbonyl (C=O) groups is 2. The van der Waals surface area contributed by atoms with Crippen LogP contribution in [-0.2, 0) is 17.8 Å². The highest BCUT2D eigenvalue weighted by atomic mass is 16.5. The molecular formula is C19H23N3O4. The number of rotatable bonds is 4. The minimum Gasteiger partial charge on any atom is -0.494 e. The van der Waals surface area contributed by atoms with Crippen LogP contribution in [0.4, 0.5) is 4.79 Å². The molecule has 2 aliphatic heterocycles. The molecule has 2 heterocycles. The zero-order chi connectivity index (χ0) is 18.7. The van der Waals surface area contributed by atoms with Crippen molar-refractivity contribution in [1.82, 2.24) is 9.80 Å². The van der Waals surface area contributed by atoms with Crippen LogP contribution in [0.15, 0.2) is 18.2 Å². The maximum absolute atomic E-state index is 12.9. The Bertz CT molecular complexity index is 743. The summed E-state index contributed by atoms with van der Waals surface area (Å²) < 4.78 is 5.62. The predicted octanol–water partition coefficient (Wildman–Crippen LogP) is 2.39. The zero-order valence-corrected chi connectivity index (χ0v) is 14.9. The molecule has 1 aromatic carbocycles. The Labute approximate surface area is 152 Å². The Kier molecular flexibility index (Phi) is 5.31. The van der Waals surface area contributed by atoms with Crippen molar-refractivity contribution in [2.24, 2.45) is 0 Å². The summed E-state index contributed by atoms with van der Waals surface area (Å²) in [5.74, 6) is 0.443. The Hall–Kier alpha value is -2.75. The third-order valence-corrected chi connectivity index (χ3v) is 5.00. The lowest BCUT2D eigenvalue weighted by atomic mass is 9.93. The number of nitriles is 1. The molecule has 0 aromatic heterocycles. The van der Waals surface area contributed by atoms with E-state index in [-0.39, 0.29) is 12.5 Å². The van der Waals surface area contributed by atoms with Crippen LogP contribution in [0.5, 0.6) is 5.75 Å². The van der Waals surface area contributed by atoms with Crippen molar-refractivity contribution < 1.29 is 19.4 Å². The molecule has 0 bridgehead atoms. The van der Waals surface area contributed by atoms with E-state index in [0.717, 1.165) is 24.0 Å². The number of benzene rings is 1. The van der Waals surface area contributed by atoms with E-state index in [2.05, 4.69) is 6.07 Å². The second-order valence-corrected chi connectivity index (χ2v) is 6.73. The molecule has 0 aliphatic carbocycles. The standard InChI is InChI=1S/C19H23N3O4/c1-2-8-26-16-6-5-13-10-17(22(19(24)25)12-14(13)9-16)18(23)21-7-3-4-15(21)11-20/h5-6,9,15,17H,2-4,7-8,10,12H2,1H3,(H,24,25)/t15-,17+/m0/s1. The van der Waals surface area contributed by atoms with Gasteiger partial charge in [0.15, 0.2) is 0 Å². The lowest BCUT2D eigenvalue weighted by Crippen LogP contribution is -2.54. The minimum absolute atomic E-state index is 0.148. The minimum atomic E-state index is -1.12. The molecule has 0 unspecified atom stereocenters. The summed E-state index contributed by atoms with van der Waals surface area (Å²) in [5.41, 5.74) is 1.82. The van der Waals surface area contributed by atoms with Gasteiger partial charge in [0.2, 0.25) is 5.91 Å². The monoisotopic (exact) mass is 357 g/mol. The highest BCUT2D eigenvalue weighted by Gasteiger charge is 2.40. The van der Waals surface area contributed by atoms with E-state index in [9.17, 15) is 20.0 Å². The molecule has 1 saturated heterocycles. The van der Waals surface area contributed by atoms with Crippen molar-refractivity contribution in [1.29, 1.82) is 5.26 Å². The molecule has 1 aromatic rings. The molecule has 2 aliphatic rings. The van der Waals surface area contributed by atoms with Crippen molar-refractivity contribution in [3.05, 3.63) is 29.3 Å². The van der Waals surface area contributed by atoms with Crippen LogP contribution < -0.4 is 4.74 Å². The van der Waals surface area contributed by atoms with Gasteiger partial charge in [-0.3, -0.25) is 9.69 Å². The normalized spacial score (nSPS) is 21.8. The van der Waals surface area contributed by atoms with E-state index in [1.54, 1.807) is 0 Å². The topological polar surface area (TPSA) is 93.9 Å². The van der Waals surface area contributed by atoms with E-state index < -0.39 is 18.2 Å². The Morgan fingerprint density at radius 2 is 2.15 bits per heavy atom. The van der Waals surface area contributed by atoms with Gasteiger partial charge in [0, 0.05) is 13.0 Å². The molecule has 2 atom stereocenters. The Balaban J connectivity index is 1.84. The maximum Gasteiger partial charge on any atom is 0.408 e. The number of carboxylic acid groups (broad SMARTS) is 1. The quantitative estimate of drug-likeness (QED) is 0.893. The van der Waals surface area contributed by atoms with E-state index in [1.807, 2.05) is 25.1 Å². The molecule has 0 saturated carbocycles. The van der Waals surface area contributed by atoms with Gasteiger partial charge >= 0.3 is 6.09 Å². The molecule has 0 spiro atoms. The number of fused-ring (bicyclic) bond motifs is 1. The third kappa shape index (κ3) is 3.45. The molecule has 1 N–H and O–H groups in total. The van der Waals surface area contributed by atoms with Gasteiger partial charge in [-0.25, -0.2) is 4.79 Å². The van der Waals surface area contributed by atoms with Crippen molar-refractivity contribution in [3.8, 4) is 11.8 Å². The van der Waals surface area contributed by atoms with Gasteiger partial charge in [-0.15, -0.1) is 0 Å². The van der Waals surface area contributed by atoms with Crippen LogP contribution in [0.1, 0.15) is 37.3 Å². The van der Waals surface area contributed by atoms with Crippen LogP contribution in [-0.4, -0.2) is 52.1 Å². The van der Waals surface area contributed by atoms with E-state index >= 15 is 0 Å². The van der Waals surface area contributed by atoms with Gasteiger partial charge in [0.25, 0.3) is 0 Å². The van der Waals surface area contributed by atoms with Gasteiger partial charge in [-0.05, 0) is 42.5 Å². The third-order valence-electron chi connectivity index (χ3n) is 5.00. The van der Waals surface area contributed by atoms with Crippen LogP contribution in [0.2, 0.25) is 0 Å². The number of likely N-dealkylation sites (tertiary alicyclic amines) is 1. The average Bonchev–Trinajstić information content (AvgIpc) is 3.13. The lowest BCUT2D eigenvalue weighted by molar-refractivity contribution is -0.136. The first-order valence-electron chi connectivity index (χ1n) is 8.99. The molecule has 7 nitrogen and oxygen atoms in total. The van der Waals surface area contributed by atoms with Gasteiger partial charge in [-0.2, -0.15) is 5.26 Å². The lowest BCUT2D eigenvalue weighted by Gasteiger charge is -2.36. The van der Waals surface area contributed by atoms with E-state index in [1.165, 1.54) is 9.80 Å². The van der Waals surface area contributed by atoms with Crippen LogP contribution in [0, 0.1) is 11.3 Å². The van der Waals surface area contributed by atoms with Crippen LogP contribution in [0.25, 0.3) is 0 Å². The molecule has 7 heteroatoms. The SMILES string of the molecule is CCCOc1ccc2c(c1)CN(C(=O)O)[C@@H](C(=O)N1CCC[C@H]1C#N)C2. The molecule has 26 heavy (non-hydrogen) atoms. The summed E-state index contributed by atoms with van der Waals surface area (Å²) in [6, 6.07) is 6.54. The fourth-order valence-corrected chi connectivity index (χ4v) is 3.65. The molecule has 2 amide bonds. The Morgan fingerprint density at radius 1 is 1.35 bits per heavy atom. The second-order valence-electron chi connectivity index (χ2n) is 6.73. The fourth-order valence-electron chi connectivity index (χ4n) is 3.65. The van der Waals surface area contributed by atoms with Crippen molar-refractivity contribution in [2.75, 3.05) is 13.2 Å². The van der Waals surface area contributed by atoms with Gasteiger partial charge in [0.1, 0.15) is 17.8 Å². The van der Waals surface area contributed by atoms with Crippen LogP contribution in [0.3, 0.4) is 0 Å². The summed E-state index contributed by atoms with van der Waals surface area (Å²) in [4.78, 5) is 27.4. The first-order chi connectivity index (χ1) is 12.5. The summed E-state index contributed by atoms with van der Waals surface area (Å²) in [5, 5.41) is 18.8. The highest BCUT2D eigenvalue weighted by molar-refractivity contribution is 5.87. The largest absolute Gasteiger partial charge is 0.494 e. The molecule has 138 valence electrons. The molecule has 1 fully saturated rings. The first kappa shape index (κ1) is 18.1. The summed E-state index contributed by atoms with van der Waals surface area (Å²) in [7, 11) is 0. The number of amides is 2. The van der Waals surface area contributed by atoms with E-state index in [4.69, 9.17) is 4.74 Å².